The number of aromatic hydroxyl groups is 1. The Bertz CT molecular complexity index is 2020. The van der Waals surface area contributed by atoms with Crippen molar-refractivity contribution in [3.63, 3.8) is 0 Å². The van der Waals surface area contributed by atoms with Gasteiger partial charge in [0.1, 0.15) is 53.4 Å². The Morgan fingerprint density at radius 3 is 2.77 bits per heavy atom. The highest BCUT2D eigenvalue weighted by molar-refractivity contribution is 6.04. The van der Waals surface area contributed by atoms with Gasteiger partial charge in [0.15, 0.2) is 5.82 Å². The van der Waals surface area contributed by atoms with Crippen molar-refractivity contribution in [2.75, 3.05) is 51.0 Å². The lowest BCUT2D eigenvalue weighted by molar-refractivity contribution is -0.131. The lowest BCUT2D eigenvalue weighted by atomic mass is 9.74. The van der Waals surface area contributed by atoms with E-state index in [0.29, 0.717) is 49.3 Å². The molecular weight excluding hydrogens is 611 g/mol. The minimum atomic E-state index is -0.932. The summed E-state index contributed by atoms with van der Waals surface area (Å²) < 4.78 is 64.7. The first-order chi connectivity index (χ1) is 22.8. The van der Waals surface area contributed by atoms with E-state index in [1.54, 1.807) is 0 Å². The summed E-state index contributed by atoms with van der Waals surface area (Å²) in [6.07, 6.45) is 8.58. The molecule has 3 atom stereocenters. The van der Waals surface area contributed by atoms with E-state index in [2.05, 4.69) is 25.7 Å². The fourth-order valence-electron chi connectivity index (χ4n) is 8.57. The van der Waals surface area contributed by atoms with E-state index in [-0.39, 0.29) is 70.0 Å². The van der Waals surface area contributed by atoms with Crippen LogP contribution in [-0.2, 0) is 4.74 Å². The van der Waals surface area contributed by atoms with Gasteiger partial charge in [0.05, 0.1) is 30.4 Å². The molecule has 7 heterocycles. The van der Waals surface area contributed by atoms with E-state index in [0.717, 1.165) is 32.2 Å². The van der Waals surface area contributed by atoms with Crippen LogP contribution in [0.25, 0.3) is 32.9 Å². The molecule has 0 aliphatic carbocycles. The van der Waals surface area contributed by atoms with Gasteiger partial charge in [-0.15, -0.1) is 6.42 Å². The third-order valence-electron chi connectivity index (χ3n) is 10.9. The number of fused-ring (bicyclic) bond motifs is 4. The first kappa shape index (κ1) is 28.8. The van der Waals surface area contributed by atoms with Crippen LogP contribution in [-0.4, -0.2) is 88.8 Å². The first-order valence-corrected chi connectivity index (χ1v) is 16.1. The summed E-state index contributed by atoms with van der Waals surface area (Å²) in [6.45, 7) is 3.63. The van der Waals surface area contributed by atoms with Gasteiger partial charge in [-0.05, 0) is 55.8 Å². The number of anilines is 1. The van der Waals surface area contributed by atoms with Crippen LogP contribution < -0.4 is 14.4 Å². The molecule has 47 heavy (non-hydrogen) atoms. The zero-order valence-electron chi connectivity index (χ0n) is 25.6. The van der Waals surface area contributed by atoms with Crippen LogP contribution in [0.15, 0.2) is 24.3 Å². The summed E-state index contributed by atoms with van der Waals surface area (Å²) in [5.74, 6) is 1.32. The van der Waals surface area contributed by atoms with Crippen molar-refractivity contribution in [3.8, 4) is 41.2 Å². The van der Waals surface area contributed by atoms with E-state index in [1.165, 1.54) is 24.3 Å². The highest BCUT2D eigenvalue weighted by atomic mass is 19.1. The van der Waals surface area contributed by atoms with Crippen molar-refractivity contribution >= 4 is 27.5 Å². The van der Waals surface area contributed by atoms with E-state index in [4.69, 9.17) is 25.6 Å². The standard InChI is InChI=1S/C35H32F3N5O4/c1-2-23-25(37)5-4-19-10-22(44)11-24(26(19)23)29-28(38)30-27-31(41-33(40-30)47-18-35-6-3-8-42(35)14-20(36)12-35)43-9-7-34(16-45-17-34)13-21(43)15-46-32(27)39-29/h1,4-5,10-11,20-21,44H,3,6-9,12-18H2/t20-,21+,35+/m1/s1. The second-order valence-electron chi connectivity index (χ2n) is 13.8. The average molecular weight is 644 g/mol. The maximum atomic E-state index is 17.0. The van der Waals surface area contributed by atoms with E-state index >= 15 is 4.39 Å². The highest BCUT2D eigenvalue weighted by Crippen LogP contribution is 2.48. The molecule has 9 rings (SSSR count). The molecule has 2 aromatic heterocycles. The number of rotatable bonds is 4. The lowest BCUT2D eigenvalue weighted by Gasteiger charge is -2.50. The SMILES string of the molecule is C#Cc1c(F)ccc2cc(O)cc(-c3nc4c5c(nc(OC[C@@]67CCCN6C[C@H](F)C7)nc5c3F)N3CCC5(COC5)C[C@H]3CO4)c12. The van der Waals surface area contributed by atoms with E-state index < -0.39 is 23.3 Å². The van der Waals surface area contributed by atoms with Crippen molar-refractivity contribution in [1.82, 2.24) is 19.9 Å². The quantitative estimate of drug-likeness (QED) is 0.304. The molecule has 2 aromatic carbocycles. The summed E-state index contributed by atoms with van der Waals surface area (Å²) >= 11 is 0. The van der Waals surface area contributed by atoms with Gasteiger partial charge in [0.25, 0.3) is 0 Å². The molecule has 5 aliphatic rings. The number of halogens is 3. The topological polar surface area (TPSA) is 93.1 Å². The smallest absolute Gasteiger partial charge is 0.319 e. The maximum Gasteiger partial charge on any atom is 0.319 e. The largest absolute Gasteiger partial charge is 0.508 e. The molecule has 0 saturated carbocycles. The van der Waals surface area contributed by atoms with Crippen molar-refractivity contribution in [1.29, 1.82) is 0 Å². The number of phenolic OH excluding ortho intramolecular Hbond substituents is 1. The Morgan fingerprint density at radius 1 is 1.09 bits per heavy atom. The second kappa shape index (κ2) is 10.3. The molecule has 5 aliphatic heterocycles. The fraction of sp³-hybridized carbons (Fsp3) is 0.457. The molecule has 4 saturated heterocycles. The predicted molar refractivity (Wildman–Crippen MR) is 167 cm³/mol. The van der Waals surface area contributed by atoms with Gasteiger partial charge in [-0.2, -0.15) is 9.97 Å². The first-order valence-electron chi connectivity index (χ1n) is 16.1. The Kier molecular flexibility index (Phi) is 6.34. The Hall–Kier alpha value is -4.34. The molecule has 0 amide bonds. The van der Waals surface area contributed by atoms with Crippen LogP contribution in [0.5, 0.6) is 17.6 Å². The summed E-state index contributed by atoms with van der Waals surface area (Å²) in [5.41, 5.74) is -0.658. The number of alkyl halides is 1. The van der Waals surface area contributed by atoms with Crippen LogP contribution >= 0.6 is 0 Å². The van der Waals surface area contributed by atoms with Gasteiger partial charge in [-0.3, -0.25) is 4.90 Å². The molecule has 9 nitrogen and oxygen atoms in total. The zero-order valence-corrected chi connectivity index (χ0v) is 25.6. The molecule has 0 bridgehead atoms. The number of piperidine rings is 1. The summed E-state index contributed by atoms with van der Waals surface area (Å²) in [4.78, 5) is 18.4. The van der Waals surface area contributed by atoms with Crippen molar-refractivity contribution in [3.05, 3.63) is 41.5 Å². The molecule has 242 valence electrons. The van der Waals surface area contributed by atoms with Crippen LogP contribution in [0.2, 0.25) is 0 Å². The highest BCUT2D eigenvalue weighted by Gasteiger charge is 2.50. The third-order valence-corrected chi connectivity index (χ3v) is 10.9. The Morgan fingerprint density at radius 2 is 1.96 bits per heavy atom. The van der Waals surface area contributed by atoms with Crippen molar-refractivity contribution in [2.24, 2.45) is 5.41 Å². The molecule has 1 N–H and O–H groups in total. The average Bonchev–Trinajstić information content (AvgIpc) is 3.52. The van der Waals surface area contributed by atoms with Gasteiger partial charge in [-0.1, -0.05) is 12.0 Å². The fourth-order valence-corrected chi connectivity index (χ4v) is 8.57. The molecule has 4 fully saturated rings. The van der Waals surface area contributed by atoms with Gasteiger partial charge < -0.3 is 24.2 Å². The van der Waals surface area contributed by atoms with Crippen LogP contribution in [0, 0.1) is 29.4 Å². The predicted octanol–water partition coefficient (Wildman–Crippen LogP) is 5.14. The molecule has 4 aromatic rings. The van der Waals surface area contributed by atoms with Gasteiger partial charge >= 0.3 is 6.01 Å². The maximum absolute atomic E-state index is 17.0. The molecular formula is C35H32F3N5O4. The minimum Gasteiger partial charge on any atom is -0.508 e. The minimum absolute atomic E-state index is 0.0259. The number of benzene rings is 2. The second-order valence-corrected chi connectivity index (χ2v) is 13.8. The normalized spacial score (nSPS) is 26.0. The molecule has 0 radical (unpaired) electrons. The number of ether oxygens (including phenoxy) is 3. The number of hydrogen-bond acceptors (Lipinski definition) is 9. The van der Waals surface area contributed by atoms with Gasteiger partial charge in [0, 0.05) is 35.9 Å². The molecule has 0 unspecified atom stereocenters. The van der Waals surface area contributed by atoms with Crippen LogP contribution in [0.4, 0.5) is 19.0 Å². The Labute approximate surface area is 268 Å². The summed E-state index contributed by atoms with van der Waals surface area (Å²) in [6, 6.07) is 5.32. The van der Waals surface area contributed by atoms with Gasteiger partial charge in [0.2, 0.25) is 5.88 Å². The van der Waals surface area contributed by atoms with Crippen LogP contribution in [0.3, 0.4) is 0 Å². The number of pyridine rings is 1. The molecule has 12 heteroatoms. The Balaban J connectivity index is 1.23. The number of phenols is 1. The summed E-state index contributed by atoms with van der Waals surface area (Å²) in [5, 5.41) is 11.6. The van der Waals surface area contributed by atoms with Crippen LogP contribution in [0.1, 0.15) is 37.7 Å². The summed E-state index contributed by atoms with van der Waals surface area (Å²) in [7, 11) is 0. The number of aromatic nitrogens is 3. The van der Waals surface area contributed by atoms with Gasteiger partial charge in [-0.25, -0.2) is 18.2 Å². The number of nitrogens with zero attached hydrogens (tertiary/aromatic N) is 5. The van der Waals surface area contributed by atoms with Crippen molar-refractivity contribution in [2.45, 2.75) is 49.9 Å². The number of terminal acetylenes is 1. The van der Waals surface area contributed by atoms with E-state index in [1.807, 2.05) is 0 Å². The lowest BCUT2D eigenvalue weighted by Crippen LogP contribution is -2.56. The van der Waals surface area contributed by atoms with E-state index in [9.17, 15) is 13.9 Å². The monoisotopic (exact) mass is 643 g/mol. The third kappa shape index (κ3) is 4.36. The zero-order chi connectivity index (χ0) is 32.1. The number of hydrogen-bond donors (Lipinski definition) is 1. The van der Waals surface area contributed by atoms with Crippen molar-refractivity contribution < 1.29 is 32.5 Å². The molecule has 1 spiro atoms.